The average Bonchev–Trinajstić information content (AvgIpc) is 2.20. The van der Waals surface area contributed by atoms with E-state index < -0.39 is 31.4 Å². The molecule has 3 N–H and O–H groups in total. The Bertz CT molecular complexity index is 641. The van der Waals surface area contributed by atoms with Crippen molar-refractivity contribution in [3.8, 4) is 0 Å². The third-order valence-corrected chi connectivity index (χ3v) is 5.18. The maximum Gasteiger partial charge on any atom is 0.233 e. The first-order chi connectivity index (χ1) is 8.09. The van der Waals surface area contributed by atoms with E-state index in [2.05, 4.69) is 20.7 Å². The van der Waals surface area contributed by atoms with Gasteiger partial charge in [-0.25, -0.2) is 16.8 Å². The molecule has 1 aromatic rings. The van der Waals surface area contributed by atoms with Crippen LogP contribution in [0.3, 0.4) is 0 Å². The molecule has 0 radical (unpaired) electrons. The van der Waals surface area contributed by atoms with Crippen molar-refractivity contribution in [2.24, 2.45) is 0 Å². The quantitative estimate of drug-likeness (QED) is 0.759. The van der Waals surface area contributed by atoms with Gasteiger partial charge in [-0.1, -0.05) is 0 Å². The zero-order valence-corrected chi connectivity index (χ0v) is 12.8. The molecule has 0 aromatic heterocycles. The van der Waals surface area contributed by atoms with Gasteiger partial charge in [0.15, 0.2) is 0 Å². The molecule has 0 aliphatic rings. The van der Waals surface area contributed by atoms with Crippen molar-refractivity contribution in [3.05, 3.63) is 22.7 Å². The highest BCUT2D eigenvalue weighted by Crippen LogP contribution is 2.23. The van der Waals surface area contributed by atoms with Gasteiger partial charge in [0, 0.05) is 22.1 Å². The number of anilines is 2. The monoisotopic (exact) mass is 356 g/mol. The molecule has 0 saturated heterocycles. The molecule has 0 amide bonds. The molecule has 1 aromatic carbocycles. The van der Waals surface area contributed by atoms with Crippen molar-refractivity contribution in [2.75, 3.05) is 28.2 Å². The topological polar surface area (TPSA) is 106 Å². The van der Waals surface area contributed by atoms with Crippen LogP contribution in [0.4, 0.5) is 11.4 Å². The highest BCUT2D eigenvalue weighted by atomic mass is 79.9. The number of benzene rings is 1. The van der Waals surface area contributed by atoms with Gasteiger partial charge in [-0.3, -0.25) is 4.72 Å². The minimum absolute atomic E-state index is 0.324. The molecule has 102 valence electrons. The molecule has 0 spiro atoms. The first kappa shape index (κ1) is 15.3. The minimum atomic E-state index is -3.69. The third-order valence-electron chi connectivity index (χ3n) is 2.00. The van der Waals surface area contributed by atoms with Crippen molar-refractivity contribution in [1.82, 2.24) is 0 Å². The lowest BCUT2D eigenvalue weighted by molar-refractivity contribution is 0.593. The molecule has 0 saturated carbocycles. The van der Waals surface area contributed by atoms with E-state index in [1.54, 1.807) is 6.07 Å². The van der Waals surface area contributed by atoms with Crippen LogP contribution in [0.5, 0.6) is 0 Å². The summed E-state index contributed by atoms with van der Waals surface area (Å²) in [4.78, 5) is 0. The molecule has 0 heterocycles. The van der Waals surface area contributed by atoms with E-state index in [0.717, 1.165) is 6.26 Å². The Labute approximate surface area is 115 Å². The van der Waals surface area contributed by atoms with Gasteiger partial charge >= 0.3 is 0 Å². The highest BCUT2D eigenvalue weighted by molar-refractivity contribution is 9.10. The Kier molecular flexibility index (Phi) is 4.62. The van der Waals surface area contributed by atoms with Gasteiger partial charge in [-0.05, 0) is 34.1 Å². The predicted molar refractivity (Wildman–Crippen MR) is 75.7 cm³/mol. The summed E-state index contributed by atoms with van der Waals surface area (Å²) >= 11 is 3.17. The maximum atomic E-state index is 11.6. The van der Waals surface area contributed by atoms with Crippen LogP contribution in [0, 0.1) is 0 Å². The van der Waals surface area contributed by atoms with Crippen LogP contribution in [0.2, 0.25) is 0 Å². The van der Waals surface area contributed by atoms with Gasteiger partial charge in [0.25, 0.3) is 0 Å². The van der Waals surface area contributed by atoms with E-state index in [9.17, 15) is 16.8 Å². The van der Waals surface area contributed by atoms with Crippen LogP contribution >= 0.6 is 15.9 Å². The lowest BCUT2D eigenvalue weighted by atomic mass is 10.3. The summed E-state index contributed by atoms with van der Waals surface area (Å²) in [6.07, 6.45) is 0.988. The summed E-state index contributed by atoms with van der Waals surface area (Å²) in [7, 11) is -7.00. The Morgan fingerprint density at radius 2 is 1.83 bits per heavy atom. The second kappa shape index (κ2) is 5.45. The summed E-state index contributed by atoms with van der Waals surface area (Å²) in [6, 6.07) is 4.55. The number of nitrogen functional groups attached to an aromatic ring is 1. The molecule has 0 fully saturated rings. The van der Waals surface area contributed by atoms with E-state index in [1.165, 1.54) is 12.1 Å². The minimum Gasteiger partial charge on any atom is -0.398 e. The van der Waals surface area contributed by atoms with Gasteiger partial charge in [-0.15, -0.1) is 0 Å². The third kappa shape index (κ3) is 5.23. The Balaban J connectivity index is 2.80. The first-order valence-electron chi connectivity index (χ1n) is 4.82. The number of sulfone groups is 1. The van der Waals surface area contributed by atoms with E-state index in [4.69, 9.17) is 5.73 Å². The number of halogens is 1. The molecule has 0 aliphatic heterocycles. The number of nitrogens with one attached hydrogen (secondary N) is 1. The molecular weight excluding hydrogens is 344 g/mol. The summed E-state index contributed by atoms with van der Waals surface area (Å²) in [5.41, 5.74) is 6.37. The Morgan fingerprint density at radius 3 is 2.33 bits per heavy atom. The number of nitrogens with two attached hydrogens (primary N) is 1. The molecule has 0 unspecified atom stereocenters. The number of sulfonamides is 1. The van der Waals surface area contributed by atoms with Crippen molar-refractivity contribution in [2.45, 2.75) is 0 Å². The van der Waals surface area contributed by atoms with Crippen LogP contribution in [0.15, 0.2) is 22.7 Å². The lowest BCUT2D eigenvalue weighted by Gasteiger charge is -2.08. The van der Waals surface area contributed by atoms with E-state index >= 15 is 0 Å². The second-order valence-corrected chi connectivity index (χ2v) is 8.74. The summed E-state index contributed by atoms with van der Waals surface area (Å²) in [6.45, 7) is 0. The standard InChI is InChI=1S/C9H13BrN2O4S2/c1-17(13,14)4-5-18(15,16)12-7-2-3-9(11)8(10)6-7/h2-3,6,12H,4-5,11H2,1H3. The van der Waals surface area contributed by atoms with Crippen LogP contribution in [0.25, 0.3) is 0 Å². The Hall–Kier alpha value is -0.800. The molecule has 18 heavy (non-hydrogen) atoms. The molecular formula is C9H13BrN2O4S2. The van der Waals surface area contributed by atoms with Gasteiger partial charge in [0.1, 0.15) is 9.84 Å². The van der Waals surface area contributed by atoms with Crippen LogP contribution in [0.1, 0.15) is 0 Å². The van der Waals surface area contributed by atoms with E-state index in [0.29, 0.717) is 15.8 Å². The van der Waals surface area contributed by atoms with Crippen LogP contribution in [-0.4, -0.2) is 34.6 Å². The van der Waals surface area contributed by atoms with Crippen molar-refractivity contribution in [1.29, 1.82) is 0 Å². The van der Waals surface area contributed by atoms with Crippen molar-refractivity contribution >= 4 is 47.2 Å². The Morgan fingerprint density at radius 1 is 1.22 bits per heavy atom. The maximum absolute atomic E-state index is 11.6. The summed E-state index contributed by atoms with van der Waals surface area (Å²) in [5.74, 6) is -0.897. The summed E-state index contributed by atoms with van der Waals surface area (Å²) < 4.78 is 47.9. The largest absolute Gasteiger partial charge is 0.398 e. The number of hydrogen-bond acceptors (Lipinski definition) is 5. The van der Waals surface area contributed by atoms with Crippen LogP contribution < -0.4 is 10.5 Å². The molecule has 9 heteroatoms. The molecule has 0 atom stereocenters. The fourth-order valence-corrected chi connectivity index (χ4v) is 4.14. The fraction of sp³-hybridized carbons (Fsp3) is 0.333. The molecule has 0 aliphatic carbocycles. The highest BCUT2D eigenvalue weighted by Gasteiger charge is 2.14. The average molecular weight is 357 g/mol. The van der Waals surface area contributed by atoms with Gasteiger partial charge in [0.2, 0.25) is 10.0 Å². The smallest absolute Gasteiger partial charge is 0.233 e. The first-order valence-corrected chi connectivity index (χ1v) is 9.33. The zero-order valence-electron chi connectivity index (χ0n) is 9.55. The van der Waals surface area contributed by atoms with Gasteiger partial charge in [-0.2, -0.15) is 0 Å². The number of hydrogen-bond donors (Lipinski definition) is 2. The van der Waals surface area contributed by atoms with E-state index in [1.807, 2.05) is 0 Å². The fourth-order valence-electron chi connectivity index (χ4n) is 1.08. The second-order valence-electron chi connectivity index (χ2n) is 3.79. The number of rotatable bonds is 5. The zero-order chi connectivity index (χ0) is 14.0. The molecule has 0 bridgehead atoms. The van der Waals surface area contributed by atoms with Gasteiger partial charge in [0.05, 0.1) is 11.5 Å². The SMILES string of the molecule is CS(=O)(=O)CCS(=O)(=O)Nc1ccc(N)c(Br)c1. The van der Waals surface area contributed by atoms with Gasteiger partial charge < -0.3 is 5.73 Å². The van der Waals surface area contributed by atoms with E-state index in [-0.39, 0.29) is 0 Å². The van der Waals surface area contributed by atoms with Crippen molar-refractivity contribution in [3.63, 3.8) is 0 Å². The summed E-state index contributed by atoms with van der Waals surface area (Å²) in [5, 5.41) is 0. The lowest BCUT2D eigenvalue weighted by Crippen LogP contribution is -2.22. The van der Waals surface area contributed by atoms with Crippen molar-refractivity contribution < 1.29 is 16.8 Å². The molecule has 6 nitrogen and oxygen atoms in total. The normalized spacial score (nSPS) is 12.3. The predicted octanol–water partition coefficient (Wildman–Crippen LogP) is 0.818. The molecule has 1 rings (SSSR count). The van der Waals surface area contributed by atoms with Crippen LogP contribution in [-0.2, 0) is 19.9 Å².